The highest BCUT2D eigenvalue weighted by atomic mass is 32.2. The molecule has 2 amide bonds. The van der Waals surface area contributed by atoms with Gasteiger partial charge in [-0.05, 0) is 0 Å². The third kappa shape index (κ3) is 2.64. The van der Waals surface area contributed by atoms with Crippen molar-refractivity contribution >= 4 is 68.4 Å². The van der Waals surface area contributed by atoms with Crippen molar-refractivity contribution < 1.29 is 9.59 Å². The molecular formula is C9H10N2O2S4. The van der Waals surface area contributed by atoms with E-state index in [0.717, 1.165) is 6.42 Å². The van der Waals surface area contributed by atoms with Crippen LogP contribution >= 0.6 is 48.0 Å². The van der Waals surface area contributed by atoms with Crippen molar-refractivity contribution in [2.45, 2.75) is 23.8 Å². The van der Waals surface area contributed by atoms with E-state index >= 15 is 0 Å². The van der Waals surface area contributed by atoms with Crippen LogP contribution in [0, 0.1) is 5.92 Å². The SMILES string of the molecule is CCC([C@@H]1SC(=S)NC1=O)[C@H]1SC(=S)NC1=O. The Morgan fingerprint density at radius 3 is 1.76 bits per heavy atom. The van der Waals surface area contributed by atoms with E-state index in [1.165, 1.54) is 23.5 Å². The third-order valence-corrected chi connectivity index (χ3v) is 5.73. The van der Waals surface area contributed by atoms with Gasteiger partial charge in [-0.15, -0.1) is 0 Å². The molecule has 8 heteroatoms. The highest BCUT2D eigenvalue weighted by molar-refractivity contribution is 8.25. The van der Waals surface area contributed by atoms with Gasteiger partial charge in [-0.25, -0.2) is 0 Å². The fourth-order valence-corrected chi connectivity index (χ4v) is 4.97. The van der Waals surface area contributed by atoms with E-state index in [-0.39, 0.29) is 28.2 Å². The molecule has 1 unspecified atom stereocenters. The monoisotopic (exact) mass is 306 g/mol. The summed E-state index contributed by atoms with van der Waals surface area (Å²) in [5, 5.41) is 4.66. The van der Waals surface area contributed by atoms with Crippen molar-refractivity contribution in [3.05, 3.63) is 0 Å². The van der Waals surface area contributed by atoms with Gasteiger partial charge in [-0.2, -0.15) is 0 Å². The Kier molecular flexibility index (Phi) is 4.06. The number of thiocarbonyl (C=S) groups is 2. The van der Waals surface area contributed by atoms with Crippen LogP contribution < -0.4 is 10.6 Å². The zero-order chi connectivity index (χ0) is 12.6. The van der Waals surface area contributed by atoms with E-state index in [0.29, 0.717) is 8.64 Å². The first-order valence-corrected chi connectivity index (χ1v) is 7.63. The fraction of sp³-hybridized carbons (Fsp3) is 0.556. The normalized spacial score (nSPS) is 30.4. The minimum atomic E-state index is -0.281. The first-order chi connectivity index (χ1) is 8.02. The summed E-state index contributed by atoms with van der Waals surface area (Å²) in [6.45, 7) is 1.97. The van der Waals surface area contributed by atoms with E-state index < -0.39 is 0 Å². The standard InChI is InChI=1S/C9H10N2O2S4/c1-2-3(4-6(12)10-8(14)16-4)5-7(13)11-9(15)17-5/h3-5H,2H2,1H3,(H,10,12,14)(H,11,13,15)/t3?,4-,5+. The van der Waals surface area contributed by atoms with Gasteiger partial charge < -0.3 is 10.6 Å². The van der Waals surface area contributed by atoms with Gasteiger partial charge >= 0.3 is 0 Å². The number of thioether (sulfide) groups is 2. The molecule has 2 aliphatic heterocycles. The van der Waals surface area contributed by atoms with E-state index in [1.807, 2.05) is 6.92 Å². The number of amides is 2. The molecule has 0 aromatic heterocycles. The Hall–Kier alpha value is -0.180. The molecule has 3 atom stereocenters. The van der Waals surface area contributed by atoms with Crippen LogP contribution in [0.3, 0.4) is 0 Å². The number of hydrogen-bond acceptors (Lipinski definition) is 6. The molecule has 2 heterocycles. The molecule has 0 saturated carbocycles. The molecule has 2 N–H and O–H groups in total. The highest BCUT2D eigenvalue weighted by Crippen LogP contribution is 2.37. The van der Waals surface area contributed by atoms with Crippen LogP contribution in [-0.2, 0) is 9.59 Å². The number of carbonyl (C=O) groups excluding carboxylic acids is 2. The molecule has 4 nitrogen and oxygen atoms in total. The average molecular weight is 306 g/mol. The first kappa shape index (κ1) is 13.3. The van der Waals surface area contributed by atoms with Crippen molar-refractivity contribution in [2.75, 3.05) is 0 Å². The van der Waals surface area contributed by atoms with Crippen LogP contribution in [0.25, 0.3) is 0 Å². The zero-order valence-electron chi connectivity index (χ0n) is 8.89. The summed E-state index contributed by atoms with van der Waals surface area (Å²) in [5.41, 5.74) is 0. The largest absolute Gasteiger partial charge is 0.311 e. The van der Waals surface area contributed by atoms with Crippen molar-refractivity contribution in [1.29, 1.82) is 0 Å². The minimum Gasteiger partial charge on any atom is -0.311 e. The molecule has 2 aliphatic rings. The lowest BCUT2D eigenvalue weighted by atomic mass is 9.96. The summed E-state index contributed by atoms with van der Waals surface area (Å²) >= 11 is 12.6. The quantitative estimate of drug-likeness (QED) is 0.760. The molecule has 92 valence electrons. The number of nitrogens with one attached hydrogen (secondary N) is 2. The lowest BCUT2D eigenvalue weighted by Gasteiger charge is -2.22. The molecule has 2 saturated heterocycles. The Morgan fingerprint density at radius 2 is 1.53 bits per heavy atom. The molecule has 0 aliphatic carbocycles. The first-order valence-electron chi connectivity index (χ1n) is 5.06. The number of carbonyl (C=O) groups is 2. The predicted octanol–water partition coefficient (Wildman–Crippen LogP) is 1.05. The van der Waals surface area contributed by atoms with E-state index in [4.69, 9.17) is 24.4 Å². The Balaban J connectivity index is 2.16. The second kappa shape index (κ2) is 5.21. The number of hydrogen-bond donors (Lipinski definition) is 2. The van der Waals surface area contributed by atoms with Gasteiger partial charge in [0.25, 0.3) is 0 Å². The summed E-state index contributed by atoms with van der Waals surface area (Å²) < 4.78 is 0.980. The Bertz CT molecular complexity index is 376. The summed E-state index contributed by atoms with van der Waals surface area (Å²) in [4.78, 5) is 23.5. The van der Waals surface area contributed by atoms with Crippen LogP contribution in [0.4, 0.5) is 0 Å². The molecule has 2 fully saturated rings. The van der Waals surface area contributed by atoms with Crippen LogP contribution in [0.5, 0.6) is 0 Å². The molecule has 0 spiro atoms. The Morgan fingerprint density at radius 1 is 1.12 bits per heavy atom. The van der Waals surface area contributed by atoms with Gasteiger partial charge in [0, 0.05) is 5.92 Å². The van der Waals surface area contributed by atoms with Crippen LogP contribution in [-0.4, -0.2) is 31.0 Å². The predicted molar refractivity (Wildman–Crippen MR) is 78.0 cm³/mol. The van der Waals surface area contributed by atoms with Gasteiger partial charge in [0.05, 0.1) is 10.5 Å². The Labute approximate surface area is 118 Å². The summed E-state index contributed by atoms with van der Waals surface area (Å²) in [6.07, 6.45) is 0.738. The van der Waals surface area contributed by atoms with Crippen LogP contribution in [0.2, 0.25) is 0 Å². The smallest absolute Gasteiger partial charge is 0.239 e. The topological polar surface area (TPSA) is 58.2 Å². The van der Waals surface area contributed by atoms with Gasteiger partial charge in [0.2, 0.25) is 11.8 Å². The van der Waals surface area contributed by atoms with Crippen molar-refractivity contribution in [2.24, 2.45) is 5.92 Å². The summed E-state index contributed by atoms with van der Waals surface area (Å²) in [5.74, 6) is -0.248. The van der Waals surface area contributed by atoms with E-state index in [2.05, 4.69) is 10.6 Å². The van der Waals surface area contributed by atoms with Crippen LogP contribution in [0.1, 0.15) is 13.3 Å². The second-order valence-electron chi connectivity index (χ2n) is 3.70. The van der Waals surface area contributed by atoms with Crippen molar-refractivity contribution in [1.82, 2.24) is 10.6 Å². The van der Waals surface area contributed by atoms with Gasteiger partial charge in [-0.3, -0.25) is 9.59 Å². The molecule has 2 rings (SSSR count). The van der Waals surface area contributed by atoms with Gasteiger partial charge in [-0.1, -0.05) is 61.3 Å². The lowest BCUT2D eigenvalue weighted by Crippen LogP contribution is -2.38. The molecule has 0 aromatic rings. The van der Waals surface area contributed by atoms with Crippen LogP contribution in [0.15, 0.2) is 0 Å². The second-order valence-corrected chi connectivity index (χ2v) is 7.34. The van der Waals surface area contributed by atoms with Crippen molar-refractivity contribution in [3.63, 3.8) is 0 Å². The fourth-order valence-electron chi connectivity index (χ4n) is 1.89. The maximum Gasteiger partial charge on any atom is 0.239 e. The number of rotatable bonds is 3. The van der Waals surface area contributed by atoms with Gasteiger partial charge in [0.15, 0.2) is 0 Å². The molecule has 0 radical (unpaired) electrons. The highest BCUT2D eigenvalue weighted by Gasteiger charge is 2.44. The molecular weight excluding hydrogens is 296 g/mol. The average Bonchev–Trinajstić information content (AvgIpc) is 2.73. The minimum absolute atomic E-state index is 0.0501. The maximum absolute atomic E-state index is 11.7. The van der Waals surface area contributed by atoms with E-state index in [9.17, 15) is 9.59 Å². The molecule has 17 heavy (non-hydrogen) atoms. The third-order valence-electron chi connectivity index (χ3n) is 2.68. The maximum atomic E-state index is 11.7. The van der Waals surface area contributed by atoms with Crippen molar-refractivity contribution in [3.8, 4) is 0 Å². The zero-order valence-corrected chi connectivity index (χ0v) is 12.2. The molecule has 0 aromatic carbocycles. The molecule has 0 bridgehead atoms. The summed E-state index contributed by atoms with van der Waals surface area (Å²) in [6, 6.07) is 0. The lowest BCUT2D eigenvalue weighted by molar-refractivity contribution is -0.121. The van der Waals surface area contributed by atoms with Gasteiger partial charge in [0.1, 0.15) is 8.64 Å². The summed E-state index contributed by atoms with van der Waals surface area (Å²) in [7, 11) is 0. The van der Waals surface area contributed by atoms with E-state index in [1.54, 1.807) is 0 Å².